The van der Waals surface area contributed by atoms with Gasteiger partial charge in [-0.2, -0.15) is 4.72 Å². The molecule has 13 heteroatoms. The van der Waals surface area contributed by atoms with Crippen LogP contribution < -0.4 is 10.0 Å². The van der Waals surface area contributed by atoms with Crippen molar-refractivity contribution in [2.75, 3.05) is 26.2 Å². The van der Waals surface area contributed by atoms with E-state index in [1.165, 1.54) is 12.1 Å². The minimum atomic E-state index is -4.26. The lowest BCUT2D eigenvalue weighted by Crippen LogP contribution is -2.52. The number of benzene rings is 2. The summed E-state index contributed by atoms with van der Waals surface area (Å²) in [7, 11) is -4.26. The summed E-state index contributed by atoms with van der Waals surface area (Å²) in [5.41, 5.74) is -0.630. The molecule has 4 rings (SSSR count). The largest absolute Gasteiger partial charge is 0.480 e. The van der Waals surface area contributed by atoms with Crippen molar-refractivity contribution in [2.24, 2.45) is 5.92 Å². The Bertz CT molecular complexity index is 1470. The number of carbonyl (C=O) groups is 4. The number of sulfonamides is 1. The molecule has 1 saturated carbocycles. The van der Waals surface area contributed by atoms with Gasteiger partial charge in [0.2, 0.25) is 21.8 Å². The average Bonchev–Trinajstić information content (AvgIpc) is 3.78. The van der Waals surface area contributed by atoms with Crippen molar-refractivity contribution < 1.29 is 37.4 Å². The summed E-state index contributed by atoms with van der Waals surface area (Å²) in [6.07, 6.45) is 1.77. The van der Waals surface area contributed by atoms with Crippen LogP contribution in [0.4, 0.5) is 4.79 Å². The summed E-state index contributed by atoms with van der Waals surface area (Å²) in [6.45, 7) is 5.94. The van der Waals surface area contributed by atoms with E-state index in [1.807, 2.05) is 12.1 Å². The summed E-state index contributed by atoms with van der Waals surface area (Å²) in [6, 6.07) is 9.94. The molecule has 43 heavy (non-hydrogen) atoms. The number of carbonyl (C=O) groups excluding carboxylic acids is 3. The summed E-state index contributed by atoms with van der Waals surface area (Å²) < 4.78 is 34.7. The summed E-state index contributed by atoms with van der Waals surface area (Å²) >= 11 is 0. The van der Waals surface area contributed by atoms with Gasteiger partial charge in [0.1, 0.15) is 18.2 Å². The number of hydrogen-bond donors (Lipinski definition) is 3. The normalized spacial score (nSPS) is 18.1. The first-order valence-corrected chi connectivity index (χ1v) is 16.0. The third-order valence-corrected chi connectivity index (χ3v) is 8.82. The average molecular weight is 617 g/mol. The first-order chi connectivity index (χ1) is 20.2. The van der Waals surface area contributed by atoms with Crippen LogP contribution >= 0.6 is 0 Å². The fraction of sp³-hybridized carbons (Fsp3) is 0.533. The molecule has 2 atom stereocenters. The molecular formula is C30H40N4O8S. The molecule has 0 aromatic heterocycles. The first kappa shape index (κ1) is 32.2. The first-order valence-electron chi connectivity index (χ1n) is 14.5. The maximum absolute atomic E-state index is 13.6. The van der Waals surface area contributed by atoms with Gasteiger partial charge in [0, 0.05) is 25.7 Å². The van der Waals surface area contributed by atoms with Crippen molar-refractivity contribution in [3.05, 3.63) is 42.5 Å². The highest BCUT2D eigenvalue weighted by molar-refractivity contribution is 7.89. The van der Waals surface area contributed by atoms with Crippen LogP contribution in [-0.2, 0) is 29.1 Å². The number of nitrogens with one attached hydrogen (secondary N) is 2. The van der Waals surface area contributed by atoms with Gasteiger partial charge in [-0.1, -0.05) is 30.3 Å². The predicted molar refractivity (Wildman–Crippen MR) is 159 cm³/mol. The van der Waals surface area contributed by atoms with Crippen LogP contribution in [0.3, 0.4) is 0 Å². The highest BCUT2D eigenvalue weighted by atomic mass is 32.2. The van der Waals surface area contributed by atoms with Gasteiger partial charge in [-0.05, 0) is 75.3 Å². The van der Waals surface area contributed by atoms with Gasteiger partial charge in [0.15, 0.2) is 0 Å². The van der Waals surface area contributed by atoms with E-state index in [4.69, 9.17) is 4.74 Å². The van der Waals surface area contributed by atoms with E-state index < -0.39 is 58.5 Å². The quantitative estimate of drug-likeness (QED) is 0.347. The molecule has 2 aromatic carbocycles. The molecule has 0 spiro atoms. The van der Waals surface area contributed by atoms with Crippen LogP contribution in [0.1, 0.15) is 52.9 Å². The van der Waals surface area contributed by atoms with E-state index in [-0.39, 0.29) is 23.4 Å². The number of aliphatic carboxylic acids is 1. The second-order valence-corrected chi connectivity index (χ2v) is 13.9. The van der Waals surface area contributed by atoms with Crippen molar-refractivity contribution >= 4 is 44.7 Å². The predicted octanol–water partition coefficient (Wildman–Crippen LogP) is 2.72. The number of nitrogens with zero attached hydrogens (tertiary/aromatic N) is 2. The monoisotopic (exact) mass is 616 g/mol. The fourth-order valence-electron chi connectivity index (χ4n) is 5.13. The summed E-state index contributed by atoms with van der Waals surface area (Å²) in [4.78, 5) is 53.3. The van der Waals surface area contributed by atoms with Gasteiger partial charge >= 0.3 is 12.1 Å². The Morgan fingerprint density at radius 1 is 1.07 bits per heavy atom. The Kier molecular flexibility index (Phi) is 9.96. The zero-order valence-electron chi connectivity index (χ0n) is 24.7. The number of rotatable bonds is 11. The van der Waals surface area contributed by atoms with Crippen LogP contribution in [0.2, 0.25) is 0 Å². The van der Waals surface area contributed by atoms with E-state index in [1.54, 1.807) is 43.9 Å². The number of fused-ring (bicyclic) bond motifs is 1. The molecular weight excluding hydrogens is 576 g/mol. The standard InChI is InChI=1S/C30H40N4O8S/c1-30(2,3)42-29(39)33-14-6-7-20(18-33)17-31-26(35)16-25(28(38)34(19-27(36)37)23-11-12-23)32-43(40,41)24-13-10-21-8-4-5-9-22(21)15-24/h4-5,8-10,13,15,20,23,25,32H,6-7,11-12,14,16-19H2,1-3H3,(H,31,35)(H,36,37)/t20-,25-/m0/s1. The van der Waals surface area contributed by atoms with Crippen LogP contribution in [-0.4, -0.2) is 91.1 Å². The molecule has 0 unspecified atom stereocenters. The van der Waals surface area contributed by atoms with Crippen molar-refractivity contribution in [2.45, 2.75) is 75.5 Å². The second-order valence-electron chi connectivity index (χ2n) is 12.2. The molecule has 0 radical (unpaired) electrons. The third-order valence-electron chi connectivity index (χ3n) is 7.35. The zero-order chi connectivity index (χ0) is 31.4. The minimum absolute atomic E-state index is 0.0522. The molecule has 3 N–H and O–H groups in total. The number of carboxylic acid groups (broad SMARTS) is 1. The molecule has 1 saturated heterocycles. The van der Waals surface area contributed by atoms with Crippen molar-refractivity contribution in [1.29, 1.82) is 0 Å². The van der Waals surface area contributed by atoms with E-state index in [0.29, 0.717) is 31.3 Å². The second kappa shape index (κ2) is 13.3. The molecule has 1 aliphatic heterocycles. The minimum Gasteiger partial charge on any atom is -0.480 e. The van der Waals surface area contributed by atoms with Gasteiger partial charge in [-0.25, -0.2) is 13.2 Å². The van der Waals surface area contributed by atoms with Gasteiger partial charge in [0.25, 0.3) is 0 Å². The topological polar surface area (TPSA) is 162 Å². The lowest BCUT2D eigenvalue weighted by atomic mass is 9.98. The number of hydrogen-bond acceptors (Lipinski definition) is 7. The Labute approximate surface area is 251 Å². The van der Waals surface area contributed by atoms with Crippen LogP contribution in [0.25, 0.3) is 10.8 Å². The van der Waals surface area contributed by atoms with E-state index in [0.717, 1.165) is 23.1 Å². The molecule has 1 aliphatic carbocycles. The summed E-state index contributed by atoms with van der Waals surface area (Å²) in [5, 5.41) is 13.7. The fourth-order valence-corrected chi connectivity index (χ4v) is 6.35. The van der Waals surface area contributed by atoms with Gasteiger partial charge in [-0.3, -0.25) is 14.4 Å². The highest BCUT2D eigenvalue weighted by Gasteiger charge is 2.39. The van der Waals surface area contributed by atoms with Gasteiger partial charge in [-0.15, -0.1) is 0 Å². The SMILES string of the molecule is CC(C)(C)OC(=O)N1CCC[C@@H](CNC(=O)C[C@H](NS(=O)(=O)c2ccc3ccccc3c2)C(=O)N(CC(=O)O)C2CC2)C1. The van der Waals surface area contributed by atoms with Crippen LogP contribution in [0.5, 0.6) is 0 Å². The lowest BCUT2D eigenvalue weighted by Gasteiger charge is -2.34. The number of amides is 3. The van der Waals surface area contributed by atoms with Crippen molar-refractivity contribution in [1.82, 2.24) is 19.8 Å². The maximum atomic E-state index is 13.6. The highest BCUT2D eigenvalue weighted by Crippen LogP contribution is 2.28. The number of carboxylic acids is 1. The molecule has 2 fully saturated rings. The molecule has 0 bridgehead atoms. The summed E-state index contributed by atoms with van der Waals surface area (Å²) in [5.74, 6) is -2.62. The molecule has 2 aromatic rings. The van der Waals surface area contributed by atoms with E-state index in [9.17, 15) is 32.7 Å². The third kappa shape index (κ3) is 9.14. The molecule has 12 nitrogen and oxygen atoms in total. The van der Waals surface area contributed by atoms with E-state index >= 15 is 0 Å². The number of ether oxygens (including phenoxy) is 1. The Hall–Kier alpha value is -3.71. The number of likely N-dealkylation sites (tertiary alicyclic amines) is 1. The Balaban J connectivity index is 1.46. The molecule has 2 aliphatic rings. The molecule has 1 heterocycles. The van der Waals surface area contributed by atoms with Crippen molar-refractivity contribution in [3.8, 4) is 0 Å². The van der Waals surface area contributed by atoms with E-state index in [2.05, 4.69) is 10.0 Å². The zero-order valence-corrected chi connectivity index (χ0v) is 25.6. The van der Waals surface area contributed by atoms with Crippen LogP contribution in [0.15, 0.2) is 47.4 Å². The van der Waals surface area contributed by atoms with Gasteiger partial charge in [0.05, 0.1) is 11.3 Å². The van der Waals surface area contributed by atoms with Crippen LogP contribution in [0, 0.1) is 5.92 Å². The lowest BCUT2D eigenvalue weighted by molar-refractivity contribution is -0.146. The smallest absolute Gasteiger partial charge is 0.410 e. The molecule has 234 valence electrons. The van der Waals surface area contributed by atoms with Gasteiger partial charge < -0.3 is 25.0 Å². The Morgan fingerprint density at radius 2 is 1.77 bits per heavy atom. The Morgan fingerprint density at radius 3 is 2.42 bits per heavy atom. The number of piperidine rings is 1. The maximum Gasteiger partial charge on any atom is 0.410 e. The molecule has 3 amide bonds. The van der Waals surface area contributed by atoms with Crippen molar-refractivity contribution in [3.63, 3.8) is 0 Å².